The van der Waals surface area contributed by atoms with Crippen LogP contribution in [0.4, 0.5) is 5.69 Å². The van der Waals surface area contributed by atoms with Gasteiger partial charge in [0, 0.05) is 29.9 Å². The lowest BCUT2D eigenvalue weighted by atomic mass is 10.0. The van der Waals surface area contributed by atoms with Crippen molar-refractivity contribution in [3.8, 4) is 0 Å². The van der Waals surface area contributed by atoms with Crippen LogP contribution in [-0.2, 0) is 0 Å². The summed E-state index contributed by atoms with van der Waals surface area (Å²) >= 11 is 1.34. The smallest absolute Gasteiger partial charge is 0.256 e. The van der Waals surface area contributed by atoms with Gasteiger partial charge in [0.15, 0.2) is 0 Å². The third kappa shape index (κ3) is 4.60. The van der Waals surface area contributed by atoms with Crippen LogP contribution in [0.2, 0.25) is 0 Å². The topological polar surface area (TPSA) is 66.5 Å². The second-order valence-electron chi connectivity index (χ2n) is 6.36. The zero-order valence-corrected chi connectivity index (χ0v) is 17.2. The maximum Gasteiger partial charge on any atom is 0.256 e. The predicted octanol–water partition coefficient (Wildman–Crippen LogP) is 4.71. The summed E-state index contributed by atoms with van der Waals surface area (Å²) < 4.78 is 0. The molecule has 6 heteroatoms. The van der Waals surface area contributed by atoms with Gasteiger partial charge in [-0.1, -0.05) is 30.3 Å². The van der Waals surface area contributed by atoms with Crippen LogP contribution >= 0.6 is 11.3 Å². The summed E-state index contributed by atoms with van der Waals surface area (Å²) in [6.07, 6.45) is 0. The van der Waals surface area contributed by atoms with E-state index in [9.17, 15) is 14.4 Å². The summed E-state index contributed by atoms with van der Waals surface area (Å²) in [5.74, 6) is -0.659. The first kappa shape index (κ1) is 20.5. The van der Waals surface area contributed by atoms with E-state index in [1.54, 1.807) is 65.6 Å². The molecule has 1 N–H and O–H groups in total. The van der Waals surface area contributed by atoms with Crippen molar-refractivity contribution in [1.82, 2.24) is 4.90 Å². The van der Waals surface area contributed by atoms with Gasteiger partial charge in [0.1, 0.15) is 0 Å². The maximum absolute atomic E-state index is 12.9. The number of anilines is 1. The molecule has 0 bridgehead atoms. The largest absolute Gasteiger partial charge is 0.339 e. The molecule has 0 aliphatic carbocycles. The van der Waals surface area contributed by atoms with Gasteiger partial charge in [-0.2, -0.15) is 0 Å². The van der Waals surface area contributed by atoms with Gasteiger partial charge < -0.3 is 10.2 Å². The number of ketones is 1. The molecular formula is C23H22N2O3S. The van der Waals surface area contributed by atoms with Crippen LogP contribution in [-0.4, -0.2) is 35.6 Å². The average Bonchev–Trinajstić information content (AvgIpc) is 3.29. The predicted molar refractivity (Wildman–Crippen MR) is 116 cm³/mol. The van der Waals surface area contributed by atoms with Crippen molar-refractivity contribution in [1.29, 1.82) is 0 Å². The summed E-state index contributed by atoms with van der Waals surface area (Å²) in [4.78, 5) is 40.5. The molecule has 2 aromatic carbocycles. The highest BCUT2D eigenvalue weighted by atomic mass is 32.1. The van der Waals surface area contributed by atoms with E-state index >= 15 is 0 Å². The molecule has 2 amide bonds. The molecule has 0 aliphatic heterocycles. The monoisotopic (exact) mass is 406 g/mol. The van der Waals surface area contributed by atoms with E-state index in [-0.39, 0.29) is 11.7 Å². The molecule has 0 unspecified atom stereocenters. The molecule has 3 rings (SSSR count). The van der Waals surface area contributed by atoms with E-state index in [1.807, 2.05) is 19.2 Å². The molecule has 0 saturated heterocycles. The lowest BCUT2D eigenvalue weighted by Crippen LogP contribution is -2.30. The van der Waals surface area contributed by atoms with Crippen molar-refractivity contribution in [2.45, 2.75) is 13.8 Å². The molecule has 0 aliphatic rings. The Balaban J connectivity index is 1.84. The van der Waals surface area contributed by atoms with E-state index in [0.29, 0.717) is 40.3 Å². The SMILES string of the molecule is CCN(CC)C(=O)c1cccc(NC(=O)c2ccccc2C(=O)c2cccs2)c1. The van der Waals surface area contributed by atoms with Crippen molar-refractivity contribution in [3.05, 3.63) is 87.6 Å². The number of thiophene rings is 1. The van der Waals surface area contributed by atoms with E-state index < -0.39 is 5.91 Å². The Morgan fingerprint density at radius 1 is 0.897 bits per heavy atom. The minimum Gasteiger partial charge on any atom is -0.339 e. The fraction of sp³-hybridized carbons (Fsp3) is 0.174. The van der Waals surface area contributed by atoms with E-state index in [2.05, 4.69) is 5.32 Å². The summed E-state index contributed by atoms with van der Waals surface area (Å²) in [6, 6.07) is 17.1. The van der Waals surface area contributed by atoms with Crippen LogP contribution in [0.25, 0.3) is 0 Å². The number of hydrogen-bond acceptors (Lipinski definition) is 4. The Hall–Kier alpha value is -3.25. The van der Waals surface area contributed by atoms with Gasteiger partial charge >= 0.3 is 0 Å². The number of rotatable bonds is 7. The summed E-state index contributed by atoms with van der Waals surface area (Å²) in [7, 11) is 0. The first-order valence-electron chi connectivity index (χ1n) is 9.43. The van der Waals surface area contributed by atoms with Crippen LogP contribution in [0, 0.1) is 0 Å². The normalized spacial score (nSPS) is 10.4. The van der Waals surface area contributed by atoms with Gasteiger partial charge in [-0.05, 0) is 49.6 Å². The summed E-state index contributed by atoms with van der Waals surface area (Å²) in [5.41, 5.74) is 1.66. The van der Waals surface area contributed by atoms with Gasteiger partial charge in [0.2, 0.25) is 5.78 Å². The van der Waals surface area contributed by atoms with Gasteiger partial charge in [-0.25, -0.2) is 0 Å². The molecule has 3 aromatic rings. The molecule has 0 fully saturated rings. The van der Waals surface area contributed by atoms with Crippen molar-refractivity contribution >= 4 is 34.6 Å². The number of carbonyl (C=O) groups excluding carboxylic acids is 3. The van der Waals surface area contributed by atoms with Gasteiger partial charge in [-0.15, -0.1) is 11.3 Å². The Labute approximate surface area is 174 Å². The number of nitrogens with one attached hydrogen (secondary N) is 1. The molecule has 0 saturated carbocycles. The first-order chi connectivity index (χ1) is 14.0. The highest BCUT2D eigenvalue weighted by molar-refractivity contribution is 7.12. The van der Waals surface area contributed by atoms with Crippen molar-refractivity contribution in [2.24, 2.45) is 0 Å². The second-order valence-corrected chi connectivity index (χ2v) is 7.31. The Morgan fingerprint density at radius 3 is 2.28 bits per heavy atom. The van der Waals surface area contributed by atoms with Gasteiger partial charge in [0.25, 0.3) is 11.8 Å². The molecule has 1 heterocycles. The van der Waals surface area contributed by atoms with Crippen LogP contribution in [0.3, 0.4) is 0 Å². The van der Waals surface area contributed by atoms with E-state index in [0.717, 1.165) is 0 Å². The molecule has 0 atom stereocenters. The Morgan fingerprint density at radius 2 is 1.62 bits per heavy atom. The highest BCUT2D eigenvalue weighted by Crippen LogP contribution is 2.20. The van der Waals surface area contributed by atoms with Gasteiger partial charge in [-0.3, -0.25) is 14.4 Å². The Bertz CT molecular complexity index is 1020. The lowest BCUT2D eigenvalue weighted by molar-refractivity contribution is 0.0772. The van der Waals surface area contributed by atoms with E-state index in [1.165, 1.54) is 11.3 Å². The molecule has 0 spiro atoms. The first-order valence-corrected chi connectivity index (χ1v) is 10.3. The number of benzene rings is 2. The lowest BCUT2D eigenvalue weighted by Gasteiger charge is -2.19. The Kier molecular flexibility index (Phi) is 6.57. The average molecular weight is 407 g/mol. The van der Waals surface area contributed by atoms with Crippen LogP contribution < -0.4 is 5.32 Å². The number of carbonyl (C=O) groups is 3. The quantitative estimate of drug-likeness (QED) is 0.578. The molecule has 148 valence electrons. The zero-order chi connectivity index (χ0) is 20.8. The van der Waals surface area contributed by atoms with Crippen LogP contribution in [0.1, 0.15) is 49.8 Å². The van der Waals surface area contributed by atoms with Gasteiger partial charge in [0.05, 0.1) is 10.4 Å². The van der Waals surface area contributed by atoms with Crippen LogP contribution in [0.15, 0.2) is 66.0 Å². The minimum absolute atomic E-state index is 0.0839. The van der Waals surface area contributed by atoms with Crippen molar-refractivity contribution in [3.63, 3.8) is 0 Å². The third-order valence-corrected chi connectivity index (χ3v) is 5.45. The zero-order valence-electron chi connectivity index (χ0n) is 16.3. The number of nitrogens with zero attached hydrogens (tertiary/aromatic N) is 1. The molecule has 5 nitrogen and oxygen atoms in total. The molecule has 29 heavy (non-hydrogen) atoms. The van der Waals surface area contributed by atoms with Crippen LogP contribution in [0.5, 0.6) is 0 Å². The van der Waals surface area contributed by atoms with E-state index in [4.69, 9.17) is 0 Å². The maximum atomic E-state index is 12.9. The standard InChI is InChI=1S/C23H22N2O3S/c1-3-25(4-2)23(28)16-9-7-10-17(15-16)24-22(27)19-12-6-5-11-18(19)21(26)20-13-8-14-29-20/h5-15H,3-4H2,1-2H3,(H,24,27). The van der Waals surface area contributed by atoms with Crippen molar-refractivity contribution < 1.29 is 14.4 Å². The summed E-state index contributed by atoms with van der Waals surface area (Å²) in [5, 5.41) is 4.64. The number of amides is 2. The highest BCUT2D eigenvalue weighted by Gasteiger charge is 2.19. The second kappa shape index (κ2) is 9.30. The van der Waals surface area contributed by atoms with Crippen molar-refractivity contribution in [2.75, 3.05) is 18.4 Å². The number of hydrogen-bond donors (Lipinski definition) is 1. The fourth-order valence-corrected chi connectivity index (χ4v) is 3.72. The molecule has 1 aromatic heterocycles. The summed E-state index contributed by atoms with van der Waals surface area (Å²) in [6.45, 7) is 5.08. The molecular weight excluding hydrogens is 384 g/mol. The minimum atomic E-state index is -0.391. The fourth-order valence-electron chi connectivity index (χ4n) is 3.04. The molecule has 0 radical (unpaired) electrons. The third-order valence-electron chi connectivity index (χ3n) is 4.58.